The van der Waals surface area contributed by atoms with Gasteiger partial charge in [-0.15, -0.1) is 0 Å². The number of halogens is 4. The van der Waals surface area contributed by atoms with Crippen molar-refractivity contribution in [3.8, 4) is 5.75 Å². The predicted octanol–water partition coefficient (Wildman–Crippen LogP) is 3.73. The van der Waals surface area contributed by atoms with Crippen LogP contribution in [0.3, 0.4) is 0 Å². The number of hydrogen-bond acceptors (Lipinski definition) is 6. The van der Waals surface area contributed by atoms with Gasteiger partial charge in [0.2, 0.25) is 5.91 Å². The summed E-state index contributed by atoms with van der Waals surface area (Å²) in [4.78, 5) is 25.1. The summed E-state index contributed by atoms with van der Waals surface area (Å²) >= 11 is 5.76. The second-order valence-electron chi connectivity index (χ2n) is 10.0. The van der Waals surface area contributed by atoms with Gasteiger partial charge in [-0.3, -0.25) is 14.9 Å². The highest BCUT2D eigenvalue weighted by molar-refractivity contribution is 6.30. The number of nitrogens with zero attached hydrogens (tertiary/aromatic N) is 1. The summed E-state index contributed by atoms with van der Waals surface area (Å²) in [5, 5.41) is 26.8. The molecule has 3 unspecified atom stereocenters. The maximum absolute atomic E-state index is 14.7. The van der Waals surface area contributed by atoms with Crippen molar-refractivity contribution in [3.63, 3.8) is 0 Å². The van der Waals surface area contributed by atoms with Crippen LogP contribution in [-0.2, 0) is 16.0 Å². The summed E-state index contributed by atoms with van der Waals surface area (Å²) in [7, 11) is 0. The molecule has 0 aliphatic carbocycles. The van der Waals surface area contributed by atoms with Gasteiger partial charge in [-0.25, -0.2) is 13.2 Å². The van der Waals surface area contributed by atoms with Crippen LogP contribution >= 0.6 is 11.6 Å². The number of ether oxygens (including phenoxy) is 1. The smallest absolute Gasteiger partial charge is 0.320 e. The van der Waals surface area contributed by atoms with E-state index in [0.29, 0.717) is 5.56 Å². The first-order valence-corrected chi connectivity index (χ1v) is 12.6. The van der Waals surface area contributed by atoms with Crippen LogP contribution in [0.25, 0.3) is 0 Å². The van der Waals surface area contributed by atoms with Gasteiger partial charge in [0, 0.05) is 30.1 Å². The SMILES string of the molecule is CC(C)C(NC1CN(c2c(F)cc(Cl)cc2F)CCC1(O)COc1ccc(F)c2c1CCC(=O)N2)C(=O)O. The number of hydrogen-bond donors (Lipinski definition) is 4. The lowest BCUT2D eigenvalue weighted by Crippen LogP contribution is -2.67. The summed E-state index contributed by atoms with van der Waals surface area (Å²) in [6.45, 7) is 2.97. The number of amides is 1. The van der Waals surface area contributed by atoms with Crippen molar-refractivity contribution in [3.05, 3.63) is 52.3 Å². The maximum atomic E-state index is 14.7. The molecule has 2 heterocycles. The van der Waals surface area contributed by atoms with Crippen LogP contribution in [0.1, 0.15) is 32.3 Å². The minimum Gasteiger partial charge on any atom is -0.490 e. The Bertz CT molecular complexity index is 1220. The van der Waals surface area contributed by atoms with Crippen molar-refractivity contribution in [2.45, 2.75) is 50.8 Å². The molecular weight excluding hydrogens is 527 g/mol. The van der Waals surface area contributed by atoms with Gasteiger partial charge in [-0.1, -0.05) is 25.4 Å². The van der Waals surface area contributed by atoms with Gasteiger partial charge in [-0.2, -0.15) is 0 Å². The molecule has 3 atom stereocenters. The normalized spacial score (nSPS) is 22.2. The maximum Gasteiger partial charge on any atom is 0.320 e. The van der Waals surface area contributed by atoms with Gasteiger partial charge < -0.3 is 25.2 Å². The topological polar surface area (TPSA) is 111 Å². The number of nitrogens with one attached hydrogen (secondary N) is 2. The van der Waals surface area contributed by atoms with E-state index in [1.165, 1.54) is 11.0 Å². The highest BCUT2D eigenvalue weighted by atomic mass is 35.5. The molecule has 2 aromatic carbocycles. The molecule has 12 heteroatoms. The number of carboxylic acid groups (broad SMARTS) is 1. The predicted molar refractivity (Wildman–Crippen MR) is 135 cm³/mol. The zero-order valence-electron chi connectivity index (χ0n) is 20.9. The lowest BCUT2D eigenvalue weighted by Gasteiger charge is -2.46. The van der Waals surface area contributed by atoms with Gasteiger partial charge in [0.15, 0.2) is 11.6 Å². The van der Waals surface area contributed by atoms with Crippen LogP contribution in [0.2, 0.25) is 5.02 Å². The Balaban J connectivity index is 1.62. The van der Waals surface area contributed by atoms with Crippen LogP contribution in [-0.4, -0.2) is 59.5 Å². The molecule has 8 nitrogen and oxygen atoms in total. The van der Waals surface area contributed by atoms with Crippen LogP contribution in [0.15, 0.2) is 24.3 Å². The Morgan fingerprint density at radius 2 is 1.92 bits per heavy atom. The molecular formula is C26H29ClF3N3O5. The lowest BCUT2D eigenvalue weighted by atomic mass is 9.85. The summed E-state index contributed by atoms with van der Waals surface area (Å²) in [5.41, 5.74) is -1.51. The number of fused-ring (bicyclic) bond motifs is 1. The van der Waals surface area contributed by atoms with Crippen molar-refractivity contribution >= 4 is 34.9 Å². The van der Waals surface area contributed by atoms with Crippen molar-refractivity contribution in [1.82, 2.24) is 5.32 Å². The lowest BCUT2D eigenvalue weighted by molar-refractivity contribution is -0.142. The number of carboxylic acids is 1. The molecule has 2 aliphatic rings. The molecule has 4 N–H and O–H groups in total. The van der Waals surface area contributed by atoms with E-state index in [9.17, 15) is 33.0 Å². The Kier molecular flexibility index (Phi) is 8.10. The summed E-state index contributed by atoms with van der Waals surface area (Å²) < 4.78 is 49.6. The quantitative estimate of drug-likeness (QED) is 0.393. The van der Waals surface area contributed by atoms with Crippen LogP contribution in [0.5, 0.6) is 5.75 Å². The first-order valence-electron chi connectivity index (χ1n) is 12.2. The molecule has 0 aromatic heterocycles. The fourth-order valence-electron chi connectivity index (χ4n) is 4.93. The van der Waals surface area contributed by atoms with E-state index in [1.54, 1.807) is 13.8 Å². The zero-order chi connectivity index (χ0) is 27.8. The number of carbonyl (C=O) groups is 2. The third-order valence-corrected chi connectivity index (χ3v) is 7.26. The highest BCUT2D eigenvalue weighted by Gasteiger charge is 2.45. The fraction of sp³-hybridized carbons (Fsp3) is 0.462. The van der Waals surface area contributed by atoms with Crippen molar-refractivity contribution in [1.29, 1.82) is 0 Å². The number of rotatable bonds is 8. The second-order valence-corrected chi connectivity index (χ2v) is 10.5. The molecule has 4 rings (SSSR count). The molecule has 206 valence electrons. The number of benzene rings is 2. The van der Waals surface area contributed by atoms with Gasteiger partial charge in [0.1, 0.15) is 35.5 Å². The van der Waals surface area contributed by atoms with Gasteiger partial charge in [0.25, 0.3) is 0 Å². The standard InChI is InChI=1S/C26H29ClF3N3O5/c1-13(2)22(25(35)36)31-20-11-33(24-17(29)9-14(27)10-18(24)30)8-7-26(20,37)12-38-19-5-4-16(28)23-15(19)3-6-21(34)32-23/h4-5,9-10,13,20,22,31,37H,3,6-8,11-12H2,1-2H3,(H,32,34)(H,35,36). The van der Waals surface area contributed by atoms with Gasteiger partial charge in [0.05, 0.1) is 11.7 Å². The number of anilines is 2. The molecule has 0 radical (unpaired) electrons. The first kappa shape index (κ1) is 28.0. The molecule has 1 fully saturated rings. The minimum absolute atomic E-state index is 0.0228. The van der Waals surface area contributed by atoms with Crippen LogP contribution in [0, 0.1) is 23.4 Å². The van der Waals surface area contributed by atoms with Crippen LogP contribution < -0.4 is 20.3 Å². The van der Waals surface area contributed by atoms with E-state index >= 15 is 0 Å². The van der Waals surface area contributed by atoms with E-state index in [1.807, 2.05) is 0 Å². The average Bonchev–Trinajstić information content (AvgIpc) is 2.83. The molecule has 1 amide bonds. The summed E-state index contributed by atoms with van der Waals surface area (Å²) in [6, 6.07) is 2.46. The molecule has 0 spiro atoms. The number of aliphatic hydroxyl groups is 1. The van der Waals surface area contributed by atoms with E-state index in [4.69, 9.17) is 16.3 Å². The highest BCUT2D eigenvalue weighted by Crippen LogP contribution is 2.36. The molecule has 1 saturated heterocycles. The molecule has 38 heavy (non-hydrogen) atoms. The Labute approximate surface area is 222 Å². The van der Waals surface area contributed by atoms with E-state index in [-0.39, 0.29) is 72.9 Å². The molecule has 2 aliphatic heterocycles. The molecule has 2 aromatic rings. The molecule has 0 saturated carbocycles. The largest absolute Gasteiger partial charge is 0.490 e. The average molecular weight is 556 g/mol. The Morgan fingerprint density at radius 3 is 2.55 bits per heavy atom. The minimum atomic E-state index is -1.66. The molecule has 0 bridgehead atoms. The van der Waals surface area contributed by atoms with E-state index in [0.717, 1.165) is 18.2 Å². The monoisotopic (exact) mass is 555 g/mol. The van der Waals surface area contributed by atoms with E-state index < -0.39 is 41.1 Å². The van der Waals surface area contributed by atoms with Crippen molar-refractivity contribution in [2.24, 2.45) is 5.92 Å². The van der Waals surface area contributed by atoms with Crippen molar-refractivity contribution in [2.75, 3.05) is 29.9 Å². The number of carbonyl (C=O) groups excluding carboxylic acids is 1. The third kappa shape index (κ3) is 5.69. The third-order valence-electron chi connectivity index (χ3n) is 7.04. The first-order chi connectivity index (χ1) is 17.9. The van der Waals surface area contributed by atoms with Gasteiger partial charge >= 0.3 is 5.97 Å². The van der Waals surface area contributed by atoms with Crippen LogP contribution in [0.4, 0.5) is 24.5 Å². The number of piperidine rings is 1. The fourth-order valence-corrected chi connectivity index (χ4v) is 5.12. The van der Waals surface area contributed by atoms with Gasteiger partial charge in [-0.05, 0) is 43.0 Å². The Hall–Kier alpha value is -3.02. The zero-order valence-corrected chi connectivity index (χ0v) is 21.6. The van der Waals surface area contributed by atoms with Crippen molar-refractivity contribution < 1.29 is 37.7 Å². The van der Waals surface area contributed by atoms with E-state index in [2.05, 4.69) is 10.6 Å². The number of aliphatic carboxylic acids is 1. The Morgan fingerprint density at radius 1 is 1.24 bits per heavy atom. The second kappa shape index (κ2) is 11.0. The summed E-state index contributed by atoms with van der Waals surface area (Å²) in [5.74, 6) is -3.94. The summed E-state index contributed by atoms with van der Waals surface area (Å²) in [6.07, 6.45) is 0.353.